The number of hydrogen-bond acceptors (Lipinski definition) is 2. The topological polar surface area (TPSA) is 16.1 Å². The maximum absolute atomic E-state index is 4.39. The Morgan fingerprint density at radius 2 is 2.00 bits per heavy atom. The second-order valence-corrected chi connectivity index (χ2v) is 5.63. The molecule has 2 rings (SSSR count). The Morgan fingerprint density at radius 3 is 2.61 bits per heavy atom. The summed E-state index contributed by atoms with van der Waals surface area (Å²) >= 11 is 0. The van der Waals surface area contributed by atoms with Crippen molar-refractivity contribution in [1.82, 2.24) is 9.88 Å². The van der Waals surface area contributed by atoms with Gasteiger partial charge in [-0.25, -0.2) is 0 Å². The van der Waals surface area contributed by atoms with Gasteiger partial charge in [-0.15, -0.1) is 0 Å². The van der Waals surface area contributed by atoms with Gasteiger partial charge in [-0.2, -0.15) is 0 Å². The van der Waals surface area contributed by atoms with E-state index >= 15 is 0 Å². The lowest BCUT2D eigenvalue weighted by molar-refractivity contribution is 0.165. The molecule has 1 aliphatic rings. The van der Waals surface area contributed by atoms with E-state index in [4.69, 9.17) is 0 Å². The van der Waals surface area contributed by atoms with Crippen molar-refractivity contribution in [3.05, 3.63) is 30.1 Å². The minimum atomic E-state index is 0.802. The zero-order chi connectivity index (χ0) is 12.8. The van der Waals surface area contributed by atoms with Crippen molar-refractivity contribution < 1.29 is 0 Å². The Balaban J connectivity index is 1.73. The molecule has 1 saturated carbocycles. The van der Waals surface area contributed by atoms with Crippen LogP contribution >= 0.6 is 0 Å². The lowest BCUT2D eigenvalue weighted by Crippen LogP contribution is -2.36. The zero-order valence-electron chi connectivity index (χ0n) is 11.8. The monoisotopic (exact) mass is 246 g/mol. The third-order valence-electron chi connectivity index (χ3n) is 4.46. The molecule has 0 spiro atoms. The Morgan fingerprint density at radius 1 is 1.22 bits per heavy atom. The summed E-state index contributed by atoms with van der Waals surface area (Å²) in [5.41, 5.74) is 1.21. The first-order valence-corrected chi connectivity index (χ1v) is 7.39. The van der Waals surface area contributed by atoms with E-state index < -0.39 is 0 Å². The van der Waals surface area contributed by atoms with Crippen molar-refractivity contribution in [2.24, 2.45) is 5.92 Å². The first-order valence-electron chi connectivity index (χ1n) is 7.39. The van der Waals surface area contributed by atoms with Crippen molar-refractivity contribution >= 4 is 0 Å². The molecule has 0 aromatic carbocycles. The summed E-state index contributed by atoms with van der Waals surface area (Å²) in [4.78, 5) is 6.94. The van der Waals surface area contributed by atoms with Crippen LogP contribution in [0.25, 0.3) is 0 Å². The molecule has 1 aromatic heterocycles. The van der Waals surface area contributed by atoms with E-state index in [1.165, 1.54) is 37.8 Å². The molecule has 1 aromatic rings. The molecule has 0 N–H and O–H groups in total. The molecule has 2 heteroatoms. The average Bonchev–Trinajstić information content (AvgIpc) is 2.46. The molecule has 2 nitrogen and oxygen atoms in total. The second-order valence-electron chi connectivity index (χ2n) is 5.63. The predicted octanol–water partition coefficient (Wildman–Crippen LogP) is 3.52. The highest BCUT2D eigenvalue weighted by Gasteiger charge is 2.22. The molecule has 0 radical (unpaired) electrons. The highest BCUT2D eigenvalue weighted by molar-refractivity contribution is 5.03. The fourth-order valence-electron chi connectivity index (χ4n) is 3.01. The Bertz CT molecular complexity index is 328. The van der Waals surface area contributed by atoms with Gasteiger partial charge in [0.2, 0.25) is 0 Å². The maximum Gasteiger partial charge on any atom is 0.0416 e. The average molecular weight is 246 g/mol. The van der Waals surface area contributed by atoms with Gasteiger partial charge in [-0.05, 0) is 50.8 Å². The third kappa shape index (κ3) is 3.81. The molecular formula is C16H26N2. The first kappa shape index (κ1) is 13.5. The predicted molar refractivity (Wildman–Crippen MR) is 76.6 cm³/mol. The summed E-state index contributed by atoms with van der Waals surface area (Å²) in [6.45, 7) is 3.47. The van der Waals surface area contributed by atoms with Crippen molar-refractivity contribution in [3.8, 4) is 0 Å². The Hall–Kier alpha value is -0.890. The Kier molecular flexibility index (Phi) is 5.18. The second kappa shape index (κ2) is 6.89. The molecule has 1 heterocycles. The summed E-state index contributed by atoms with van der Waals surface area (Å²) in [6.07, 6.45) is 9.95. The van der Waals surface area contributed by atoms with E-state index in [1.807, 2.05) is 12.3 Å². The summed E-state index contributed by atoms with van der Waals surface area (Å²) in [5.74, 6) is 0.991. The normalized spacial score (nSPS) is 24.4. The van der Waals surface area contributed by atoms with Crippen molar-refractivity contribution in [2.45, 2.75) is 51.5 Å². The molecule has 0 atom stereocenters. The highest BCUT2D eigenvalue weighted by Crippen LogP contribution is 2.28. The van der Waals surface area contributed by atoms with E-state index in [2.05, 4.69) is 36.0 Å². The quantitative estimate of drug-likeness (QED) is 0.790. The van der Waals surface area contributed by atoms with Gasteiger partial charge in [0.05, 0.1) is 0 Å². The highest BCUT2D eigenvalue weighted by atomic mass is 15.1. The number of aromatic nitrogens is 1. The minimum absolute atomic E-state index is 0.802. The van der Waals surface area contributed by atoms with Gasteiger partial charge in [-0.1, -0.05) is 19.4 Å². The summed E-state index contributed by atoms with van der Waals surface area (Å²) in [6, 6.07) is 6.99. The van der Waals surface area contributed by atoms with Crippen molar-refractivity contribution in [2.75, 3.05) is 13.6 Å². The van der Waals surface area contributed by atoms with Gasteiger partial charge < -0.3 is 4.90 Å². The van der Waals surface area contributed by atoms with Crippen LogP contribution in [0.5, 0.6) is 0 Å². The number of pyridine rings is 1. The van der Waals surface area contributed by atoms with Gasteiger partial charge in [0.15, 0.2) is 0 Å². The fourth-order valence-corrected chi connectivity index (χ4v) is 3.01. The number of nitrogens with zero attached hydrogens (tertiary/aromatic N) is 2. The van der Waals surface area contributed by atoms with Crippen LogP contribution in [-0.2, 0) is 6.42 Å². The molecule has 0 unspecified atom stereocenters. The number of hydrogen-bond donors (Lipinski definition) is 0. The molecule has 0 amide bonds. The molecule has 1 fully saturated rings. The maximum atomic E-state index is 4.39. The lowest BCUT2D eigenvalue weighted by Gasteiger charge is -2.34. The Labute approximate surface area is 111 Å². The molecule has 0 bridgehead atoms. The van der Waals surface area contributed by atoms with Gasteiger partial charge in [0.1, 0.15) is 0 Å². The summed E-state index contributed by atoms with van der Waals surface area (Å²) < 4.78 is 0. The minimum Gasteiger partial charge on any atom is -0.303 e. The van der Waals surface area contributed by atoms with E-state index in [0.717, 1.165) is 24.9 Å². The lowest BCUT2D eigenvalue weighted by atomic mass is 9.84. The van der Waals surface area contributed by atoms with Crippen LogP contribution in [0.4, 0.5) is 0 Å². The summed E-state index contributed by atoms with van der Waals surface area (Å²) in [7, 11) is 2.28. The van der Waals surface area contributed by atoms with Gasteiger partial charge in [0.25, 0.3) is 0 Å². The smallest absolute Gasteiger partial charge is 0.0416 e. The van der Waals surface area contributed by atoms with Crippen molar-refractivity contribution in [3.63, 3.8) is 0 Å². The van der Waals surface area contributed by atoms with Crippen LogP contribution < -0.4 is 0 Å². The molecule has 1 aliphatic carbocycles. The van der Waals surface area contributed by atoms with Crippen LogP contribution in [0.1, 0.15) is 44.7 Å². The fraction of sp³-hybridized carbons (Fsp3) is 0.688. The van der Waals surface area contributed by atoms with Gasteiger partial charge in [-0.3, -0.25) is 4.98 Å². The van der Waals surface area contributed by atoms with E-state index in [1.54, 1.807) is 0 Å². The molecule has 0 saturated heterocycles. The van der Waals surface area contributed by atoms with Gasteiger partial charge in [0, 0.05) is 30.9 Å². The zero-order valence-corrected chi connectivity index (χ0v) is 11.8. The molecule has 18 heavy (non-hydrogen) atoms. The van der Waals surface area contributed by atoms with Crippen molar-refractivity contribution in [1.29, 1.82) is 0 Å². The standard InChI is InChI=1S/C16H26N2/c1-3-14-7-9-16(10-8-14)18(2)13-11-15-6-4-5-12-17-15/h4-6,12,14,16H,3,7-11,13H2,1-2H3. The van der Waals surface area contributed by atoms with E-state index in [-0.39, 0.29) is 0 Å². The van der Waals surface area contributed by atoms with Gasteiger partial charge >= 0.3 is 0 Å². The van der Waals surface area contributed by atoms with Crippen LogP contribution in [0.2, 0.25) is 0 Å². The first-order chi connectivity index (χ1) is 8.79. The van der Waals surface area contributed by atoms with E-state index in [9.17, 15) is 0 Å². The molecule has 0 aliphatic heterocycles. The number of rotatable bonds is 5. The SMILES string of the molecule is CCC1CCC(N(C)CCc2ccccn2)CC1. The molecule has 100 valence electrons. The van der Waals surface area contributed by atoms with E-state index in [0.29, 0.717) is 0 Å². The van der Waals surface area contributed by atoms with Crippen LogP contribution in [0.3, 0.4) is 0 Å². The number of likely N-dealkylation sites (N-methyl/N-ethyl adjacent to an activating group) is 1. The van der Waals surface area contributed by atoms with Crippen LogP contribution in [0, 0.1) is 5.92 Å². The largest absolute Gasteiger partial charge is 0.303 e. The van der Waals surface area contributed by atoms with Crippen LogP contribution in [-0.4, -0.2) is 29.5 Å². The third-order valence-corrected chi connectivity index (χ3v) is 4.46. The summed E-state index contributed by atoms with van der Waals surface area (Å²) in [5, 5.41) is 0. The van der Waals surface area contributed by atoms with Crippen LogP contribution in [0.15, 0.2) is 24.4 Å². The molecular weight excluding hydrogens is 220 g/mol.